The number of halogens is 2. The summed E-state index contributed by atoms with van der Waals surface area (Å²) in [5, 5.41) is 13.2. The van der Waals surface area contributed by atoms with Crippen molar-refractivity contribution in [1.29, 1.82) is 0 Å². The zero-order valence-corrected chi connectivity index (χ0v) is 18.2. The summed E-state index contributed by atoms with van der Waals surface area (Å²) in [4.78, 5) is 17.2. The molecule has 1 heterocycles. The number of phenols is 1. The number of rotatable bonds is 4. The molecule has 0 bridgehead atoms. The summed E-state index contributed by atoms with van der Waals surface area (Å²) in [5.41, 5.74) is 1.38. The molecule has 0 saturated carbocycles. The van der Waals surface area contributed by atoms with Gasteiger partial charge in [0.25, 0.3) is 5.91 Å². The molecule has 1 saturated heterocycles. The third kappa shape index (κ3) is 4.31. The minimum absolute atomic E-state index is 0.0168. The molecule has 2 aromatic rings. The van der Waals surface area contributed by atoms with Crippen LogP contribution in [-0.2, 0) is 4.79 Å². The number of amides is 1. The Balaban J connectivity index is 1.89. The molecule has 2 aromatic carbocycles. The number of methoxy groups -OCH3 is 2. The Labute approximate surface area is 176 Å². The molecule has 1 aliphatic rings. The standard InChI is InChI=1S/C18H14Br2N2O4S/c1-25-11-5-3-10(4-6-11)21-18-22-17(24)13(27-18)8-9-7-12(26-2)16(23)15(20)14(9)19/h3-8,23H,1-2H3,(H,21,22,24)/b13-8+. The van der Waals surface area contributed by atoms with Gasteiger partial charge in [-0.15, -0.1) is 0 Å². The number of hydrogen-bond donors (Lipinski definition) is 2. The minimum Gasteiger partial charge on any atom is -0.503 e. The molecule has 0 aliphatic carbocycles. The largest absolute Gasteiger partial charge is 0.503 e. The highest BCUT2D eigenvalue weighted by atomic mass is 79.9. The van der Waals surface area contributed by atoms with Crippen LogP contribution < -0.4 is 14.8 Å². The van der Waals surface area contributed by atoms with E-state index in [0.29, 0.717) is 36.0 Å². The second-order valence-electron chi connectivity index (χ2n) is 5.32. The average molecular weight is 514 g/mol. The number of carbonyl (C=O) groups excluding carboxylic acids is 1. The van der Waals surface area contributed by atoms with Crippen LogP contribution in [0.2, 0.25) is 0 Å². The van der Waals surface area contributed by atoms with Crippen LogP contribution in [-0.4, -0.2) is 30.4 Å². The highest BCUT2D eigenvalue weighted by Crippen LogP contribution is 2.43. The van der Waals surface area contributed by atoms with Crippen molar-refractivity contribution in [2.45, 2.75) is 0 Å². The van der Waals surface area contributed by atoms with Gasteiger partial charge in [-0.25, -0.2) is 4.99 Å². The maximum Gasteiger partial charge on any atom is 0.264 e. The first-order valence-corrected chi connectivity index (χ1v) is 10.0. The summed E-state index contributed by atoms with van der Waals surface area (Å²) >= 11 is 7.95. The SMILES string of the molecule is COc1ccc(N=C2NC(=O)/C(=C\c3cc(OC)c(O)c(Br)c3Br)S2)cc1. The van der Waals surface area contributed by atoms with Crippen molar-refractivity contribution in [3.05, 3.63) is 49.7 Å². The fraction of sp³-hybridized carbons (Fsp3) is 0.111. The summed E-state index contributed by atoms with van der Waals surface area (Å²) in [5.74, 6) is 0.769. The van der Waals surface area contributed by atoms with Crippen LogP contribution in [0.4, 0.5) is 5.69 Å². The Morgan fingerprint density at radius 2 is 1.85 bits per heavy atom. The Morgan fingerprint density at radius 3 is 2.48 bits per heavy atom. The number of aromatic hydroxyl groups is 1. The number of thioether (sulfide) groups is 1. The van der Waals surface area contributed by atoms with Gasteiger partial charge in [-0.2, -0.15) is 0 Å². The monoisotopic (exact) mass is 512 g/mol. The van der Waals surface area contributed by atoms with Crippen molar-refractivity contribution >= 4 is 66.5 Å². The lowest BCUT2D eigenvalue weighted by molar-refractivity contribution is -0.115. The lowest BCUT2D eigenvalue weighted by Crippen LogP contribution is -2.19. The van der Waals surface area contributed by atoms with Gasteiger partial charge in [-0.1, -0.05) is 0 Å². The first-order chi connectivity index (χ1) is 12.9. The van der Waals surface area contributed by atoms with Gasteiger partial charge >= 0.3 is 0 Å². The van der Waals surface area contributed by atoms with Crippen molar-refractivity contribution in [2.24, 2.45) is 4.99 Å². The van der Waals surface area contributed by atoms with Gasteiger partial charge in [0, 0.05) is 4.47 Å². The van der Waals surface area contributed by atoms with Crippen molar-refractivity contribution in [3.63, 3.8) is 0 Å². The molecule has 1 fully saturated rings. The molecule has 0 atom stereocenters. The van der Waals surface area contributed by atoms with Crippen LogP contribution in [0.1, 0.15) is 5.56 Å². The normalized spacial score (nSPS) is 16.7. The molecule has 140 valence electrons. The van der Waals surface area contributed by atoms with E-state index in [-0.39, 0.29) is 11.7 Å². The second kappa shape index (κ2) is 8.37. The molecule has 2 N–H and O–H groups in total. The summed E-state index contributed by atoms with van der Waals surface area (Å²) in [6, 6.07) is 8.85. The highest BCUT2D eigenvalue weighted by molar-refractivity contribution is 9.13. The van der Waals surface area contributed by atoms with Gasteiger partial charge in [-0.3, -0.25) is 4.79 Å². The molecule has 1 amide bonds. The molecule has 27 heavy (non-hydrogen) atoms. The molecule has 0 unspecified atom stereocenters. The number of carbonyl (C=O) groups is 1. The topological polar surface area (TPSA) is 80.2 Å². The van der Waals surface area contributed by atoms with E-state index >= 15 is 0 Å². The quantitative estimate of drug-likeness (QED) is 0.572. The number of ether oxygens (including phenoxy) is 2. The van der Waals surface area contributed by atoms with Gasteiger partial charge < -0.3 is 19.9 Å². The van der Waals surface area contributed by atoms with Crippen molar-refractivity contribution in [2.75, 3.05) is 14.2 Å². The van der Waals surface area contributed by atoms with Gasteiger partial charge in [0.1, 0.15) is 5.75 Å². The maximum absolute atomic E-state index is 12.3. The molecule has 3 rings (SSSR count). The van der Waals surface area contributed by atoms with Crippen LogP contribution in [0.3, 0.4) is 0 Å². The lowest BCUT2D eigenvalue weighted by Gasteiger charge is -2.10. The predicted octanol–water partition coefficient (Wildman–Crippen LogP) is 4.83. The van der Waals surface area contributed by atoms with E-state index in [4.69, 9.17) is 9.47 Å². The third-order valence-corrected chi connectivity index (χ3v) is 6.70. The number of nitrogens with zero attached hydrogens (tertiary/aromatic N) is 1. The Kier molecular flexibility index (Phi) is 6.13. The number of benzene rings is 2. The fourth-order valence-corrected chi connectivity index (χ4v) is 3.94. The molecule has 6 nitrogen and oxygen atoms in total. The van der Waals surface area contributed by atoms with Crippen LogP contribution >= 0.6 is 43.6 Å². The molecular formula is C18H14Br2N2O4S. The lowest BCUT2D eigenvalue weighted by atomic mass is 10.2. The minimum atomic E-state index is -0.248. The Hall–Kier alpha value is -1.97. The summed E-state index contributed by atoms with van der Waals surface area (Å²) in [7, 11) is 3.06. The van der Waals surface area contributed by atoms with E-state index in [1.165, 1.54) is 18.9 Å². The summed E-state index contributed by atoms with van der Waals surface area (Å²) in [6.45, 7) is 0. The van der Waals surface area contributed by atoms with E-state index < -0.39 is 0 Å². The second-order valence-corrected chi connectivity index (χ2v) is 7.94. The Morgan fingerprint density at radius 1 is 1.15 bits per heavy atom. The van der Waals surface area contributed by atoms with Crippen LogP contribution in [0.15, 0.2) is 49.2 Å². The number of hydrogen-bond acceptors (Lipinski definition) is 6. The van der Waals surface area contributed by atoms with Gasteiger partial charge in [0.05, 0.1) is 29.3 Å². The fourth-order valence-electron chi connectivity index (χ4n) is 2.27. The van der Waals surface area contributed by atoms with Crippen molar-refractivity contribution in [3.8, 4) is 17.2 Å². The first-order valence-electron chi connectivity index (χ1n) is 7.61. The highest BCUT2D eigenvalue weighted by Gasteiger charge is 2.25. The summed E-state index contributed by atoms with van der Waals surface area (Å²) in [6.07, 6.45) is 1.70. The number of nitrogens with one attached hydrogen (secondary N) is 1. The van der Waals surface area contributed by atoms with E-state index in [0.717, 1.165) is 5.75 Å². The van der Waals surface area contributed by atoms with Crippen LogP contribution in [0.25, 0.3) is 6.08 Å². The summed E-state index contributed by atoms with van der Waals surface area (Å²) < 4.78 is 11.3. The smallest absolute Gasteiger partial charge is 0.264 e. The van der Waals surface area contributed by atoms with Gasteiger partial charge in [0.2, 0.25) is 0 Å². The first kappa shape index (κ1) is 19.8. The van der Waals surface area contributed by atoms with Gasteiger partial charge in [0.15, 0.2) is 16.7 Å². The van der Waals surface area contributed by atoms with Gasteiger partial charge in [-0.05, 0) is 85.6 Å². The van der Waals surface area contributed by atoms with Crippen LogP contribution in [0.5, 0.6) is 17.2 Å². The number of amidine groups is 1. The molecule has 9 heteroatoms. The number of aliphatic imine (C=N–C) groups is 1. The molecule has 0 aromatic heterocycles. The predicted molar refractivity (Wildman–Crippen MR) is 114 cm³/mol. The van der Waals surface area contributed by atoms with E-state index in [9.17, 15) is 9.90 Å². The zero-order valence-electron chi connectivity index (χ0n) is 14.2. The van der Waals surface area contributed by atoms with E-state index in [1.54, 1.807) is 43.5 Å². The third-order valence-electron chi connectivity index (χ3n) is 3.63. The van der Waals surface area contributed by atoms with Crippen molar-refractivity contribution in [1.82, 2.24) is 5.32 Å². The van der Waals surface area contributed by atoms with Crippen LogP contribution in [0, 0.1) is 0 Å². The molecule has 0 radical (unpaired) electrons. The van der Waals surface area contributed by atoms with E-state index in [2.05, 4.69) is 42.2 Å². The average Bonchev–Trinajstić information content (AvgIpc) is 3.01. The van der Waals surface area contributed by atoms with Crippen molar-refractivity contribution < 1.29 is 19.4 Å². The molecule has 1 aliphatic heterocycles. The van der Waals surface area contributed by atoms with E-state index in [1.807, 2.05) is 0 Å². The number of phenolic OH excluding ortho intramolecular Hbond substituents is 1. The Bertz CT molecular complexity index is 959. The maximum atomic E-state index is 12.3. The molecular weight excluding hydrogens is 500 g/mol. The zero-order chi connectivity index (χ0) is 19.6. The molecule has 0 spiro atoms.